The molecule has 2 N–H and O–H groups in total. The van der Waals surface area contributed by atoms with Gasteiger partial charge in [0.1, 0.15) is 6.04 Å². The first-order valence-corrected chi connectivity index (χ1v) is 8.01. The topological polar surface area (TPSA) is 90.5 Å². The molecule has 8 heteroatoms. The van der Waals surface area contributed by atoms with Crippen LogP contribution in [0, 0.1) is 0 Å². The van der Waals surface area contributed by atoms with Crippen LogP contribution in [0.1, 0.15) is 19.8 Å². The maximum atomic E-state index is 12.2. The van der Waals surface area contributed by atoms with Crippen molar-refractivity contribution in [3.8, 4) is 0 Å². The van der Waals surface area contributed by atoms with Crippen LogP contribution >= 0.6 is 0 Å². The van der Waals surface area contributed by atoms with Gasteiger partial charge >= 0.3 is 6.03 Å². The molecule has 1 atom stereocenters. The lowest BCUT2D eigenvalue weighted by molar-refractivity contribution is -0.122. The van der Waals surface area contributed by atoms with E-state index < -0.39 is 6.04 Å². The summed E-state index contributed by atoms with van der Waals surface area (Å²) in [5, 5.41) is 5.66. The van der Waals surface area contributed by atoms with E-state index in [2.05, 4.69) is 20.6 Å². The third-order valence-electron chi connectivity index (χ3n) is 4.06. The molecule has 1 saturated heterocycles. The number of rotatable bonds is 4. The van der Waals surface area contributed by atoms with Crippen LogP contribution in [0.5, 0.6) is 0 Å². The molecule has 1 aromatic heterocycles. The van der Waals surface area contributed by atoms with E-state index in [4.69, 9.17) is 0 Å². The minimum atomic E-state index is -0.515. The third-order valence-corrected chi connectivity index (χ3v) is 4.06. The Kier molecular flexibility index (Phi) is 4.59. The molecule has 2 heterocycles. The van der Waals surface area contributed by atoms with E-state index in [1.807, 2.05) is 4.90 Å². The molecule has 0 spiro atoms. The second-order valence-electron chi connectivity index (χ2n) is 5.98. The van der Waals surface area contributed by atoms with Gasteiger partial charge in [0.2, 0.25) is 11.9 Å². The number of nitrogens with zero attached hydrogens (tertiary/aromatic N) is 4. The van der Waals surface area contributed by atoms with Crippen LogP contribution in [0.4, 0.5) is 10.7 Å². The number of amides is 3. The molecule has 1 aromatic rings. The Morgan fingerprint density at radius 1 is 1.17 bits per heavy atom. The van der Waals surface area contributed by atoms with Gasteiger partial charge in [-0.3, -0.25) is 4.79 Å². The Hall–Kier alpha value is -2.38. The van der Waals surface area contributed by atoms with Crippen molar-refractivity contribution < 1.29 is 9.59 Å². The van der Waals surface area contributed by atoms with Gasteiger partial charge < -0.3 is 20.4 Å². The van der Waals surface area contributed by atoms with Crippen LogP contribution in [0.3, 0.4) is 0 Å². The van der Waals surface area contributed by atoms with Gasteiger partial charge in [0.15, 0.2) is 0 Å². The number of aromatic nitrogens is 2. The predicted molar refractivity (Wildman–Crippen MR) is 85.0 cm³/mol. The van der Waals surface area contributed by atoms with E-state index in [9.17, 15) is 9.59 Å². The van der Waals surface area contributed by atoms with Crippen molar-refractivity contribution in [3.05, 3.63) is 18.5 Å². The highest BCUT2D eigenvalue weighted by atomic mass is 16.2. The summed E-state index contributed by atoms with van der Waals surface area (Å²) in [6.45, 7) is 4.24. The number of nitrogens with one attached hydrogen (secondary N) is 2. The predicted octanol–water partition coefficient (Wildman–Crippen LogP) is -0.0247. The summed E-state index contributed by atoms with van der Waals surface area (Å²) in [5.41, 5.74) is 0. The Balaban J connectivity index is 1.45. The average molecular weight is 318 g/mol. The summed E-state index contributed by atoms with van der Waals surface area (Å²) in [5.74, 6) is 0.571. The van der Waals surface area contributed by atoms with Gasteiger partial charge in [-0.2, -0.15) is 0 Å². The second-order valence-corrected chi connectivity index (χ2v) is 5.98. The van der Waals surface area contributed by atoms with Crippen LogP contribution < -0.4 is 15.5 Å². The molecule has 0 bridgehead atoms. The molecule has 1 aliphatic heterocycles. The fourth-order valence-corrected chi connectivity index (χ4v) is 2.46. The first kappa shape index (κ1) is 15.5. The number of anilines is 1. The van der Waals surface area contributed by atoms with E-state index in [0.29, 0.717) is 38.2 Å². The monoisotopic (exact) mass is 318 g/mol. The Bertz CT molecular complexity index is 554. The van der Waals surface area contributed by atoms with Crippen LogP contribution in [-0.2, 0) is 4.79 Å². The zero-order chi connectivity index (χ0) is 16.2. The zero-order valence-electron chi connectivity index (χ0n) is 13.2. The van der Waals surface area contributed by atoms with Crippen LogP contribution in [0.25, 0.3) is 0 Å². The van der Waals surface area contributed by atoms with Gasteiger partial charge in [0, 0.05) is 44.6 Å². The summed E-state index contributed by atoms with van der Waals surface area (Å²) in [6, 6.07) is 1.37. The summed E-state index contributed by atoms with van der Waals surface area (Å²) < 4.78 is 0. The van der Waals surface area contributed by atoms with Crippen LogP contribution in [-0.4, -0.2) is 65.1 Å². The van der Waals surface area contributed by atoms with Crippen molar-refractivity contribution in [2.24, 2.45) is 0 Å². The summed E-state index contributed by atoms with van der Waals surface area (Å²) >= 11 is 0. The lowest BCUT2D eigenvalue weighted by Crippen LogP contribution is -2.55. The standard InChI is InChI=1S/C15H22N6O2/c1-11(13(22)19-12-3-4-12)18-15(23)21-9-7-20(8-10-21)14-16-5-2-6-17-14/h2,5-6,11-12H,3-4,7-10H2,1H3,(H,18,23)(H,19,22)/t11-/m0/s1. The van der Waals surface area contributed by atoms with Gasteiger partial charge in [-0.05, 0) is 25.8 Å². The number of piperazine rings is 1. The molecule has 0 unspecified atom stereocenters. The van der Waals surface area contributed by atoms with E-state index in [1.54, 1.807) is 30.3 Å². The minimum absolute atomic E-state index is 0.114. The molecule has 23 heavy (non-hydrogen) atoms. The third kappa shape index (κ3) is 4.08. The molecule has 8 nitrogen and oxygen atoms in total. The van der Waals surface area contributed by atoms with Crippen LogP contribution in [0.15, 0.2) is 18.5 Å². The number of hydrogen-bond donors (Lipinski definition) is 2. The molecule has 1 aliphatic carbocycles. The molecule has 124 valence electrons. The lowest BCUT2D eigenvalue weighted by Gasteiger charge is -2.35. The van der Waals surface area contributed by atoms with Crippen molar-refractivity contribution in [2.45, 2.75) is 31.8 Å². The number of hydrogen-bond acceptors (Lipinski definition) is 5. The maximum Gasteiger partial charge on any atom is 0.318 e. The minimum Gasteiger partial charge on any atom is -0.352 e. The Morgan fingerprint density at radius 2 is 1.83 bits per heavy atom. The second kappa shape index (κ2) is 6.80. The Labute approximate surface area is 135 Å². The maximum absolute atomic E-state index is 12.2. The van der Waals surface area contributed by atoms with Crippen LogP contribution in [0.2, 0.25) is 0 Å². The fourth-order valence-electron chi connectivity index (χ4n) is 2.46. The number of carbonyl (C=O) groups is 2. The van der Waals surface area contributed by atoms with Gasteiger partial charge in [0.25, 0.3) is 0 Å². The number of urea groups is 1. The first-order valence-electron chi connectivity index (χ1n) is 8.01. The SMILES string of the molecule is C[C@H](NC(=O)N1CCN(c2ncccn2)CC1)C(=O)NC1CC1. The van der Waals surface area contributed by atoms with E-state index in [-0.39, 0.29) is 11.9 Å². The smallest absolute Gasteiger partial charge is 0.318 e. The van der Waals surface area contributed by atoms with Crippen molar-refractivity contribution in [1.29, 1.82) is 0 Å². The van der Waals surface area contributed by atoms with Crippen molar-refractivity contribution >= 4 is 17.9 Å². The molecule has 3 rings (SSSR count). The molecule has 2 aliphatic rings. The quantitative estimate of drug-likeness (QED) is 0.814. The highest BCUT2D eigenvalue weighted by molar-refractivity contribution is 5.87. The zero-order valence-corrected chi connectivity index (χ0v) is 13.2. The van der Waals surface area contributed by atoms with Crippen molar-refractivity contribution in [1.82, 2.24) is 25.5 Å². The van der Waals surface area contributed by atoms with Crippen molar-refractivity contribution in [2.75, 3.05) is 31.1 Å². The Morgan fingerprint density at radius 3 is 2.43 bits per heavy atom. The molecule has 2 fully saturated rings. The van der Waals surface area contributed by atoms with Gasteiger partial charge in [-0.1, -0.05) is 0 Å². The van der Waals surface area contributed by atoms with Crippen molar-refractivity contribution in [3.63, 3.8) is 0 Å². The molecule has 1 saturated carbocycles. The summed E-state index contributed by atoms with van der Waals surface area (Å²) in [6.07, 6.45) is 5.50. The molecular formula is C15H22N6O2. The lowest BCUT2D eigenvalue weighted by atomic mass is 10.3. The highest BCUT2D eigenvalue weighted by Gasteiger charge is 2.28. The first-order chi connectivity index (χ1) is 11.1. The van der Waals surface area contributed by atoms with Gasteiger partial charge in [0.05, 0.1) is 0 Å². The van der Waals surface area contributed by atoms with Gasteiger partial charge in [-0.15, -0.1) is 0 Å². The van der Waals surface area contributed by atoms with E-state index >= 15 is 0 Å². The number of carbonyl (C=O) groups excluding carboxylic acids is 2. The van der Waals surface area contributed by atoms with Gasteiger partial charge in [-0.25, -0.2) is 14.8 Å². The summed E-state index contributed by atoms with van der Waals surface area (Å²) in [7, 11) is 0. The normalized spacial score (nSPS) is 19.2. The largest absolute Gasteiger partial charge is 0.352 e. The fraction of sp³-hybridized carbons (Fsp3) is 0.600. The molecule has 0 radical (unpaired) electrons. The molecule has 0 aromatic carbocycles. The van der Waals surface area contributed by atoms with E-state index in [0.717, 1.165) is 12.8 Å². The summed E-state index contributed by atoms with van der Waals surface area (Å²) in [4.78, 5) is 36.3. The van der Waals surface area contributed by atoms with E-state index in [1.165, 1.54) is 0 Å². The average Bonchev–Trinajstić information content (AvgIpc) is 3.39. The molecule has 3 amide bonds. The molecular weight excluding hydrogens is 296 g/mol. The highest BCUT2D eigenvalue weighted by Crippen LogP contribution is 2.18.